The summed E-state index contributed by atoms with van der Waals surface area (Å²) >= 11 is 0. The first kappa shape index (κ1) is 21.5. The Morgan fingerprint density at radius 3 is 2.14 bits per heavy atom. The number of hydrogen-bond donors (Lipinski definition) is 0. The largest absolute Gasteiger partial charge is 0.370 e. The number of anilines is 2. The summed E-state index contributed by atoms with van der Waals surface area (Å²) in [6.07, 6.45) is 9.58. The van der Waals surface area contributed by atoms with Crippen LogP contribution in [0.3, 0.4) is 0 Å². The van der Waals surface area contributed by atoms with Gasteiger partial charge in [-0.05, 0) is 76.6 Å². The van der Waals surface area contributed by atoms with Crippen molar-refractivity contribution in [1.82, 2.24) is 4.90 Å². The van der Waals surface area contributed by atoms with E-state index in [2.05, 4.69) is 79.3 Å². The van der Waals surface area contributed by atoms with Gasteiger partial charge in [-0.1, -0.05) is 32.1 Å². The van der Waals surface area contributed by atoms with Crippen LogP contribution in [0.1, 0.15) is 66.2 Å². The smallest absolute Gasteiger partial charge is 0.0572 e. The van der Waals surface area contributed by atoms with E-state index in [-0.39, 0.29) is 0 Å². The highest BCUT2D eigenvalue weighted by molar-refractivity contribution is 5.63. The molecule has 0 spiro atoms. The van der Waals surface area contributed by atoms with Gasteiger partial charge in [0.15, 0.2) is 0 Å². The average molecular weight is 394 g/mol. The highest BCUT2D eigenvalue weighted by Gasteiger charge is 2.22. The molecule has 3 heteroatoms. The van der Waals surface area contributed by atoms with Gasteiger partial charge in [0.1, 0.15) is 0 Å². The fourth-order valence-corrected chi connectivity index (χ4v) is 4.66. The Labute approximate surface area is 178 Å². The molecule has 3 rings (SSSR count). The first-order chi connectivity index (χ1) is 14.1. The molecule has 0 aromatic heterocycles. The van der Waals surface area contributed by atoms with Gasteiger partial charge >= 0.3 is 0 Å². The van der Waals surface area contributed by atoms with Crippen molar-refractivity contribution >= 4 is 11.4 Å². The fraction of sp³-hybridized carbons (Fsp3) is 0.538. The second-order valence-electron chi connectivity index (χ2n) is 8.54. The predicted molar refractivity (Wildman–Crippen MR) is 127 cm³/mol. The molecule has 158 valence electrons. The standard InChI is InChI=1S/C26H39N3/c1-6-17-27(18-7-2)26-12-10-20-28(22(26)5)23-13-15-24(16-14-23)29-19-9-8-11-25(29)21(3)4/h12-16H,5-11,17-20H2,1-4H3. The molecular weight excluding hydrogens is 354 g/mol. The average Bonchev–Trinajstić information content (AvgIpc) is 2.74. The second kappa shape index (κ2) is 10.0. The maximum Gasteiger partial charge on any atom is 0.0572 e. The second-order valence-corrected chi connectivity index (χ2v) is 8.54. The van der Waals surface area contributed by atoms with E-state index in [0.717, 1.165) is 38.3 Å². The first-order valence-corrected chi connectivity index (χ1v) is 11.5. The molecule has 3 nitrogen and oxygen atoms in total. The predicted octanol–water partition coefficient (Wildman–Crippen LogP) is 6.70. The summed E-state index contributed by atoms with van der Waals surface area (Å²) < 4.78 is 0. The Balaban J connectivity index is 1.78. The van der Waals surface area contributed by atoms with Gasteiger partial charge in [-0.2, -0.15) is 0 Å². The van der Waals surface area contributed by atoms with E-state index in [1.54, 1.807) is 0 Å². The number of rotatable bonds is 7. The van der Waals surface area contributed by atoms with Crippen LogP contribution in [0.5, 0.6) is 0 Å². The molecule has 0 amide bonds. The van der Waals surface area contributed by atoms with Crippen molar-refractivity contribution in [2.24, 2.45) is 0 Å². The summed E-state index contributed by atoms with van der Waals surface area (Å²) in [6.45, 7) is 17.8. The SMILES string of the molecule is C=C1C(N(CCC)CCC)=CCCN1c1ccc(N2CCCCC2=C(C)C)cc1. The highest BCUT2D eigenvalue weighted by atomic mass is 15.2. The molecule has 0 bridgehead atoms. The minimum atomic E-state index is 1.01. The monoisotopic (exact) mass is 393 g/mol. The number of allylic oxidation sites excluding steroid dienone is 2. The third-order valence-corrected chi connectivity index (χ3v) is 6.06. The summed E-state index contributed by atoms with van der Waals surface area (Å²) in [5, 5.41) is 0. The molecule has 0 radical (unpaired) electrons. The lowest BCUT2D eigenvalue weighted by molar-refractivity contribution is 0.345. The van der Waals surface area contributed by atoms with E-state index in [0.29, 0.717) is 0 Å². The van der Waals surface area contributed by atoms with E-state index in [1.807, 2.05) is 0 Å². The minimum Gasteiger partial charge on any atom is -0.370 e. The van der Waals surface area contributed by atoms with E-state index in [1.165, 1.54) is 60.4 Å². The maximum absolute atomic E-state index is 4.48. The molecule has 1 fully saturated rings. The van der Waals surface area contributed by atoms with Gasteiger partial charge in [0.05, 0.1) is 11.4 Å². The zero-order valence-corrected chi connectivity index (χ0v) is 19.0. The van der Waals surface area contributed by atoms with Crippen molar-refractivity contribution in [3.05, 3.63) is 59.6 Å². The number of piperidine rings is 1. The molecule has 2 heterocycles. The van der Waals surface area contributed by atoms with Crippen LogP contribution in [-0.4, -0.2) is 31.1 Å². The van der Waals surface area contributed by atoms with Crippen LogP contribution in [-0.2, 0) is 0 Å². The summed E-state index contributed by atoms with van der Waals surface area (Å²) in [5.41, 5.74) is 8.00. The third-order valence-electron chi connectivity index (χ3n) is 6.06. The molecule has 1 aromatic carbocycles. The Bertz CT molecular complexity index is 747. The van der Waals surface area contributed by atoms with Gasteiger partial charge in [0.2, 0.25) is 0 Å². The molecule has 29 heavy (non-hydrogen) atoms. The van der Waals surface area contributed by atoms with Gasteiger partial charge in [0.25, 0.3) is 0 Å². The third kappa shape index (κ3) is 4.88. The van der Waals surface area contributed by atoms with Gasteiger partial charge in [0, 0.05) is 43.3 Å². The molecule has 0 atom stereocenters. The molecule has 0 saturated carbocycles. The minimum absolute atomic E-state index is 1.01. The van der Waals surface area contributed by atoms with E-state index >= 15 is 0 Å². The lowest BCUT2D eigenvalue weighted by atomic mass is 10.0. The summed E-state index contributed by atoms with van der Waals surface area (Å²) in [4.78, 5) is 7.43. The lowest BCUT2D eigenvalue weighted by Gasteiger charge is -2.38. The molecule has 0 N–H and O–H groups in total. The summed E-state index contributed by atoms with van der Waals surface area (Å²) in [5.74, 6) is 0. The van der Waals surface area contributed by atoms with Gasteiger partial charge in [-0.25, -0.2) is 0 Å². The number of benzene rings is 1. The van der Waals surface area contributed by atoms with Crippen LogP contribution in [0.15, 0.2) is 59.6 Å². The number of nitrogens with zero attached hydrogens (tertiary/aromatic N) is 3. The Kier molecular flexibility index (Phi) is 7.46. The van der Waals surface area contributed by atoms with Crippen molar-refractivity contribution in [1.29, 1.82) is 0 Å². The van der Waals surface area contributed by atoms with Crippen molar-refractivity contribution < 1.29 is 0 Å². The first-order valence-electron chi connectivity index (χ1n) is 11.5. The van der Waals surface area contributed by atoms with Crippen LogP contribution >= 0.6 is 0 Å². The fourth-order valence-electron chi connectivity index (χ4n) is 4.66. The number of hydrogen-bond acceptors (Lipinski definition) is 3. The summed E-state index contributed by atoms with van der Waals surface area (Å²) in [6, 6.07) is 9.16. The van der Waals surface area contributed by atoms with Crippen molar-refractivity contribution in [2.45, 2.75) is 66.2 Å². The molecule has 0 unspecified atom stereocenters. The maximum atomic E-state index is 4.48. The van der Waals surface area contributed by atoms with Crippen LogP contribution in [0.2, 0.25) is 0 Å². The molecule has 2 aliphatic heterocycles. The molecule has 1 saturated heterocycles. The van der Waals surface area contributed by atoms with E-state index in [4.69, 9.17) is 0 Å². The normalized spacial score (nSPS) is 17.4. The Morgan fingerprint density at radius 2 is 1.55 bits per heavy atom. The van der Waals surface area contributed by atoms with E-state index in [9.17, 15) is 0 Å². The lowest BCUT2D eigenvalue weighted by Crippen LogP contribution is -2.35. The van der Waals surface area contributed by atoms with Crippen LogP contribution in [0.25, 0.3) is 0 Å². The Morgan fingerprint density at radius 1 is 0.931 bits per heavy atom. The zero-order chi connectivity index (χ0) is 20.8. The highest BCUT2D eigenvalue weighted by Crippen LogP contribution is 2.33. The van der Waals surface area contributed by atoms with Crippen LogP contribution < -0.4 is 9.80 Å². The molecule has 2 aliphatic rings. The van der Waals surface area contributed by atoms with E-state index < -0.39 is 0 Å². The van der Waals surface area contributed by atoms with Gasteiger partial charge in [-0.15, -0.1) is 0 Å². The van der Waals surface area contributed by atoms with Crippen LogP contribution in [0, 0.1) is 0 Å². The van der Waals surface area contributed by atoms with Crippen molar-refractivity contribution in [3.63, 3.8) is 0 Å². The zero-order valence-electron chi connectivity index (χ0n) is 19.0. The van der Waals surface area contributed by atoms with Gasteiger partial charge in [-0.3, -0.25) is 0 Å². The topological polar surface area (TPSA) is 9.72 Å². The molecule has 1 aromatic rings. The Hall–Kier alpha value is -2.16. The van der Waals surface area contributed by atoms with Crippen LogP contribution in [0.4, 0.5) is 11.4 Å². The van der Waals surface area contributed by atoms with Crippen molar-refractivity contribution in [2.75, 3.05) is 36.0 Å². The molecular formula is C26H39N3. The quantitative estimate of drug-likeness (QED) is 0.510. The van der Waals surface area contributed by atoms with Crippen molar-refractivity contribution in [3.8, 4) is 0 Å². The molecule has 0 aliphatic carbocycles. The van der Waals surface area contributed by atoms with Gasteiger partial charge < -0.3 is 14.7 Å². The summed E-state index contributed by atoms with van der Waals surface area (Å²) in [7, 11) is 0.